The van der Waals surface area contributed by atoms with Crippen molar-refractivity contribution in [2.75, 3.05) is 17.9 Å². The SMILES string of the molecule is CCOC(=O)COc1ccc(S(=O)(=O)Nc2ccc(C)c(C)c2)cc1. The minimum atomic E-state index is -3.70. The fourth-order valence-corrected chi connectivity index (χ4v) is 3.13. The molecule has 0 amide bonds. The summed E-state index contributed by atoms with van der Waals surface area (Å²) in [5, 5.41) is 0. The van der Waals surface area contributed by atoms with E-state index in [4.69, 9.17) is 9.47 Å². The number of aryl methyl sites for hydroxylation is 2. The van der Waals surface area contributed by atoms with Crippen LogP contribution < -0.4 is 9.46 Å². The highest BCUT2D eigenvalue weighted by Gasteiger charge is 2.15. The zero-order valence-corrected chi connectivity index (χ0v) is 15.2. The van der Waals surface area contributed by atoms with E-state index >= 15 is 0 Å². The van der Waals surface area contributed by atoms with E-state index in [1.807, 2.05) is 19.9 Å². The van der Waals surface area contributed by atoms with Crippen molar-refractivity contribution >= 4 is 21.7 Å². The molecule has 2 rings (SSSR count). The van der Waals surface area contributed by atoms with Crippen LogP contribution in [0.2, 0.25) is 0 Å². The summed E-state index contributed by atoms with van der Waals surface area (Å²) in [6, 6.07) is 11.2. The normalized spacial score (nSPS) is 11.0. The van der Waals surface area contributed by atoms with Gasteiger partial charge in [0.25, 0.3) is 10.0 Å². The van der Waals surface area contributed by atoms with Gasteiger partial charge < -0.3 is 9.47 Å². The number of nitrogens with one attached hydrogen (secondary N) is 1. The molecular weight excluding hydrogens is 342 g/mol. The Morgan fingerprint density at radius 1 is 1.04 bits per heavy atom. The maximum absolute atomic E-state index is 12.4. The molecule has 0 aromatic heterocycles. The Bertz CT molecular complexity index is 844. The molecule has 0 aliphatic carbocycles. The standard InChI is InChI=1S/C18H21NO5S/c1-4-23-18(20)12-24-16-7-9-17(10-8-16)25(21,22)19-15-6-5-13(2)14(3)11-15/h5-11,19H,4,12H2,1-3H3. The lowest BCUT2D eigenvalue weighted by Crippen LogP contribution is -2.15. The van der Waals surface area contributed by atoms with E-state index in [1.54, 1.807) is 19.1 Å². The van der Waals surface area contributed by atoms with Gasteiger partial charge in [0.2, 0.25) is 0 Å². The highest BCUT2D eigenvalue weighted by molar-refractivity contribution is 7.92. The second kappa shape index (κ2) is 8.02. The molecule has 0 fully saturated rings. The smallest absolute Gasteiger partial charge is 0.344 e. The molecule has 0 radical (unpaired) electrons. The highest BCUT2D eigenvalue weighted by Crippen LogP contribution is 2.21. The van der Waals surface area contributed by atoms with Gasteiger partial charge in [-0.05, 0) is 68.3 Å². The number of anilines is 1. The van der Waals surface area contributed by atoms with Crippen molar-refractivity contribution in [1.82, 2.24) is 0 Å². The monoisotopic (exact) mass is 363 g/mol. The first-order valence-corrected chi connectivity index (χ1v) is 9.28. The van der Waals surface area contributed by atoms with E-state index in [1.165, 1.54) is 24.3 Å². The van der Waals surface area contributed by atoms with Gasteiger partial charge in [-0.2, -0.15) is 0 Å². The zero-order valence-electron chi connectivity index (χ0n) is 14.4. The second-order valence-corrected chi connectivity index (χ2v) is 7.15. The first-order chi connectivity index (χ1) is 11.8. The molecule has 0 saturated heterocycles. The van der Waals surface area contributed by atoms with Crippen LogP contribution in [0.25, 0.3) is 0 Å². The van der Waals surface area contributed by atoms with E-state index < -0.39 is 16.0 Å². The van der Waals surface area contributed by atoms with Gasteiger partial charge in [0.05, 0.1) is 11.5 Å². The minimum Gasteiger partial charge on any atom is -0.482 e. The molecule has 6 nitrogen and oxygen atoms in total. The number of hydrogen-bond donors (Lipinski definition) is 1. The maximum atomic E-state index is 12.4. The van der Waals surface area contributed by atoms with Crippen molar-refractivity contribution < 1.29 is 22.7 Å². The van der Waals surface area contributed by atoms with E-state index in [-0.39, 0.29) is 18.1 Å². The van der Waals surface area contributed by atoms with Crippen LogP contribution in [0.4, 0.5) is 5.69 Å². The molecular formula is C18H21NO5S. The second-order valence-electron chi connectivity index (χ2n) is 5.47. The zero-order chi connectivity index (χ0) is 18.4. The Labute approximate surface area is 147 Å². The average Bonchev–Trinajstić information content (AvgIpc) is 2.57. The molecule has 0 spiro atoms. The molecule has 1 N–H and O–H groups in total. The molecule has 0 unspecified atom stereocenters. The largest absolute Gasteiger partial charge is 0.482 e. The Hall–Kier alpha value is -2.54. The van der Waals surface area contributed by atoms with Crippen LogP contribution in [-0.4, -0.2) is 27.6 Å². The van der Waals surface area contributed by atoms with Crippen molar-refractivity contribution in [2.24, 2.45) is 0 Å². The first-order valence-electron chi connectivity index (χ1n) is 7.80. The van der Waals surface area contributed by atoms with Crippen LogP contribution in [0, 0.1) is 13.8 Å². The fraction of sp³-hybridized carbons (Fsp3) is 0.278. The van der Waals surface area contributed by atoms with Gasteiger partial charge in [0.15, 0.2) is 6.61 Å². The molecule has 0 heterocycles. The summed E-state index contributed by atoms with van der Waals surface area (Å²) in [6.07, 6.45) is 0. The Morgan fingerprint density at radius 2 is 1.72 bits per heavy atom. The number of rotatable bonds is 7. The lowest BCUT2D eigenvalue weighted by molar-refractivity contribution is -0.145. The molecule has 134 valence electrons. The van der Waals surface area contributed by atoms with Crippen molar-refractivity contribution in [3.05, 3.63) is 53.6 Å². The molecule has 0 bridgehead atoms. The van der Waals surface area contributed by atoms with Gasteiger partial charge >= 0.3 is 5.97 Å². The van der Waals surface area contributed by atoms with E-state index in [9.17, 15) is 13.2 Å². The van der Waals surface area contributed by atoms with Gasteiger partial charge in [0, 0.05) is 5.69 Å². The molecule has 2 aromatic rings. The number of sulfonamides is 1. The van der Waals surface area contributed by atoms with Crippen LogP contribution in [0.3, 0.4) is 0 Å². The topological polar surface area (TPSA) is 81.7 Å². The average molecular weight is 363 g/mol. The fourth-order valence-electron chi connectivity index (χ4n) is 2.08. The lowest BCUT2D eigenvalue weighted by Gasteiger charge is -2.11. The lowest BCUT2D eigenvalue weighted by atomic mass is 10.1. The van der Waals surface area contributed by atoms with Crippen LogP contribution in [0.5, 0.6) is 5.75 Å². The van der Waals surface area contributed by atoms with Crippen molar-refractivity contribution in [3.63, 3.8) is 0 Å². The number of benzene rings is 2. The van der Waals surface area contributed by atoms with E-state index in [0.717, 1.165) is 11.1 Å². The van der Waals surface area contributed by atoms with Crippen LogP contribution in [-0.2, 0) is 19.6 Å². The first kappa shape index (κ1) is 18.8. The molecule has 0 atom stereocenters. The summed E-state index contributed by atoms with van der Waals surface area (Å²) in [5.41, 5.74) is 2.60. The highest BCUT2D eigenvalue weighted by atomic mass is 32.2. The summed E-state index contributed by atoms with van der Waals surface area (Å²) in [7, 11) is -3.70. The summed E-state index contributed by atoms with van der Waals surface area (Å²) >= 11 is 0. The molecule has 2 aromatic carbocycles. The maximum Gasteiger partial charge on any atom is 0.344 e. The van der Waals surface area contributed by atoms with E-state index in [2.05, 4.69) is 4.72 Å². The summed E-state index contributed by atoms with van der Waals surface area (Å²) in [5.74, 6) is -0.0891. The number of carbonyl (C=O) groups excluding carboxylic acids is 1. The van der Waals surface area contributed by atoms with Gasteiger partial charge in [-0.25, -0.2) is 13.2 Å². The Morgan fingerprint density at radius 3 is 2.32 bits per heavy atom. The predicted molar refractivity (Wildman–Crippen MR) is 95.3 cm³/mol. The summed E-state index contributed by atoms with van der Waals surface area (Å²) in [4.78, 5) is 11.3. The van der Waals surface area contributed by atoms with Crippen molar-refractivity contribution in [2.45, 2.75) is 25.7 Å². The quantitative estimate of drug-likeness (QED) is 0.765. The third-order valence-electron chi connectivity index (χ3n) is 3.56. The molecule has 7 heteroatoms. The minimum absolute atomic E-state index is 0.106. The van der Waals surface area contributed by atoms with Crippen LogP contribution in [0.15, 0.2) is 47.4 Å². The van der Waals surface area contributed by atoms with Crippen LogP contribution in [0.1, 0.15) is 18.1 Å². The third kappa shape index (κ3) is 5.22. The van der Waals surface area contributed by atoms with Crippen molar-refractivity contribution in [3.8, 4) is 5.75 Å². The third-order valence-corrected chi connectivity index (χ3v) is 4.95. The van der Waals surface area contributed by atoms with Gasteiger partial charge in [-0.15, -0.1) is 0 Å². The molecule has 0 saturated carbocycles. The predicted octanol–water partition coefficient (Wildman–Crippen LogP) is 3.05. The number of ether oxygens (including phenoxy) is 2. The molecule has 25 heavy (non-hydrogen) atoms. The van der Waals surface area contributed by atoms with Crippen molar-refractivity contribution in [1.29, 1.82) is 0 Å². The Balaban J connectivity index is 2.06. The van der Waals surface area contributed by atoms with E-state index in [0.29, 0.717) is 11.4 Å². The number of carbonyl (C=O) groups is 1. The molecule has 0 aliphatic rings. The number of esters is 1. The number of hydrogen-bond acceptors (Lipinski definition) is 5. The van der Waals surface area contributed by atoms with Gasteiger partial charge in [0.1, 0.15) is 5.75 Å². The summed E-state index contributed by atoms with van der Waals surface area (Å²) < 4.78 is 37.4. The van der Waals surface area contributed by atoms with Gasteiger partial charge in [-0.3, -0.25) is 4.72 Å². The van der Waals surface area contributed by atoms with Crippen LogP contribution >= 0.6 is 0 Å². The Kier molecular flexibility index (Phi) is 6.03. The molecule has 0 aliphatic heterocycles. The van der Waals surface area contributed by atoms with Gasteiger partial charge in [-0.1, -0.05) is 6.07 Å². The summed E-state index contributed by atoms with van der Waals surface area (Å²) in [6.45, 7) is 5.65.